The van der Waals surface area contributed by atoms with Gasteiger partial charge in [-0.3, -0.25) is 4.98 Å². The lowest BCUT2D eigenvalue weighted by Gasteiger charge is -2.10. The summed E-state index contributed by atoms with van der Waals surface area (Å²) in [7, 11) is 1.28. The fourth-order valence-corrected chi connectivity index (χ4v) is 2.56. The van der Waals surface area contributed by atoms with Crippen molar-refractivity contribution in [1.82, 2.24) is 4.98 Å². The number of ether oxygens (including phenoxy) is 1. The van der Waals surface area contributed by atoms with Crippen LogP contribution >= 0.6 is 0 Å². The molecule has 0 bridgehead atoms. The predicted octanol–water partition coefficient (Wildman–Crippen LogP) is 4.28. The van der Waals surface area contributed by atoms with Gasteiger partial charge in [-0.1, -0.05) is 6.07 Å². The van der Waals surface area contributed by atoms with Gasteiger partial charge in [-0.05, 0) is 42.8 Å². The lowest BCUT2D eigenvalue weighted by Crippen LogP contribution is -2.01. The van der Waals surface area contributed by atoms with Crippen molar-refractivity contribution >= 4 is 16.7 Å². The highest BCUT2D eigenvalue weighted by molar-refractivity contribution is 6.00. The summed E-state index contributed by atoms with van der Waals surface area (Å²) >= 11 is 0. The fourth-order valence-electron chi connectivity index (χ4n) is 2.56. The maximum absolute atomic E-state index is 14.0. The van der Waals surface area contributed by atoms with Gasteiger partial charge in [-0.15, -0.1) is 0 Å². The molecular formula is C18H13F2NO2. The quantitative estimate of drug-likeness (QED) is 0.663. The van der Waals surface area contributed by atoms with Gasteiger partial charge in [-0.2, -0.15) is 0 Å². The summed E-state index contributed by atoms with van der Waals surface area (Å²) in [6.07, 6.45) is 1.12. The van der Waals surface area contributed by atoms with E-state index in [1.54, 1.807) is 13.0 Å². The summed E-state index contributed by atoms with van der Waals surface area (Å²) in [5.74, 6) is -1.36. The standard InChI is InChI=1S/C18H13F2NO2/c1-10-7-12(19)4-6-13(10)17-15-8-11(18(22)23-2)3-5-14(15)16(20)9-21-17/h3-9H,1-2H3. The zero-order chi connectivity index (χ0) is 16.6. The number of carbonyl (C=O) groups excluding carboxylic acids is 1. The summed E-state index contributed by atoms with van der Waals surface area (Å²) < 4.78 is 32.0. The molecule has 0 N–H and O–H groups in total. The molecule has 2 aromatic carbocycles. The molecule has 0 fully saturated rings. The maximum Gasteiger partial charge on any atom is 0.337 e. The Bertz CT molecular complexity index is 922. The highest BCUT2D eigenvalue weighted by atomic mass is 19.1. The Morgan fingerprint density at radius 1 is 1.09 bits per heavy atom. The molecule has 0 radical (unpaired) electrons. The molecule has 0 spiro atoms. The van der Waals surface area contributed by atoms with Crippen molar-refractivity contribution < 1.29 is 18.3 Å². The average Bonchev–Trinajstić information content (AvgIpc) is 2.55. The Morgan fingerprint density at radius 2 is 1.87 bits per heavy atom. The topological polar surface area (TPSA) is 39.2 Å². The van der Waals surface area contributed by atoms with Crippen LogP contribution in [0, 0.1) is 18.6 Å². The van der Waals surface area contributed by atoms with Gasteiger partial charge in [0.15, 0.2) is 0 Å². The molecule has 23 heavy (non-hydrogen) atoms. The van der Waals surface area contributed by atoms with E-state index in [1.807, 2.05) is 0 Å². The first-order valence-electron chi connectivity index (χ1n) is 6.94. The molecule has 0 unspecified atom stereocenters. The van der Waals surface area contributed by atoms with Crippen LogP contribution in [0.4, 0.5) is 8.78 Å². The largest absolute Gasteiger partial charge is 0.465 e. The summed E-state index contributed by atoms with van der Waals surface area (Å²) in [6, 6.07) is 8.85. The minimum atomic E-state index is -0.516. The number of pyridine rings is 1. The van der Waals surface area contributed by atoms with Gasteiger partial charge in [0.2, 0.25) is 0 Å². The normalized spacial score (nSPS) is 10.8. The molecular weight excluding hydrogens is 300 g/mol. The van der Waals surface area contributed by atoms with E-state index in [4.69, 9.17) is 4.74 Å². The summed E-state index contributed by atoms with van der Waals surface area (Å²) in [4.78, 5) is 15.9. The van der Waals surface area contributed by atoms with Gasteiger partial charge >= 0.3 is 5.97 Å². The second-order valence-corrected chi connectivity index (χ2v) is 5.17. The third-order valence-electron chi connectivity index (χ3n) is 3.70. The average molecular weight is 313 g/mol. The number of benzene rings is 2. The Morgan fingerprint density at radius 3 is 2.57 bits per heavy atom. The van der Waals surface area contributed by atoms with E-state index in [1.165, 1.54) is 37.4 Å². The number of aryl methyl sites for hydroxylation is 1. The van der Waals surface area contributed by atoms with Crippen LogP contribution in [0.2, 0.25) is 0 Å². The molecule has 3 nitrogen and oxygen atoms in total. The minimum absolute atomic E-state index is 0.299. The summed E-state index contributed by atoms with van der Waals surface area (Å²) in [5.41, 5.74) is 2.14. The van der Waals surface area contributed by atoms with Crippen LogP contribution in [0.5, 0.6) is 0 Å². The number of rotatable bonds is 2. The molecule has 0 aliphatic heterocycles. The number of esters is 1. The number of hydrogen-bond donors (Lipinski definition) is 0. The number of aromatic nitrogens is 1. The van der Waals surface area contributed by atoms with Gasteiger partial charge in [0.1, 0.15) is 11.6 Å². The van der Waals surface area contributed by atoms with E-state index in [9.17, 15) is 13.6 Å². The number of methoxy groups -OCH3 is 1. The first-order chi connectivity index (χ1) is 11.0. The van der Waals surface area contributed by atoms with E-state index in [2.05, 4.69) is 4.98 Å². The number of carbonyl (C=O) groups is 1. The maximum atomic E-state index is 14.0. The van der Waals surface area contributed by atoms with Crippen LogP contribution in [0.3, 0.4) is 0 Å². The number of halogens is 2. The molecule has 3 aromatic rings. The molecule has 1 heterocycles. The molecule has 0 saturated heterocycles. The van der Waals surface area contributed by atoms with Crippen molar-refractivity contribution in [2.45, 2.75) is 6.92 Å². The van der Waals surface area contributed by atoms with Crippen molar-refractivity contribution in [1.29, 1.82) is 0 Å². The van der Waals surface area contributed by atoms with E-state index >= 15 is 0 Å². The number of nitrogens with zero attached hydrogens (tertiary/aromatic N) is 1. The third kappa shape index (κ3) is 2.65. The minimum Gasteiger partial charge on any atom is -0.465 e. The van der Waals surface area contributed by atoms with Gasteiger partial charge in [-0.25, -0.2) is 13.6 Å². The zero-order valence-electron chi connectivity index (χ0n) is 12.6. The number of fused-ring (bicyclic) bond motifs is 1. The molecule has 0 aliphatic rings. The van der Waals surface area contributed by atoms with Crippen LogP contribution in [0.15, 0.2) is 42.6 Å². The first kappa shape index (κ1) is 15.1. The van der Waals surface area contributed by atoms with Crippen molar-refractivity contribution in [3.05, 3.63) is 65.4 Å². The molecule has 0 atom stereocenters. The molecule has 1 aromatic heterocycles. The van der Waals surface area contributed by atoms with Crippen LogP contribution in [0.1, 0.15) is 15.9 Å². The fraction of sp³-hybridized carbons (Fsp3) is 0.111. The second kappa shape index (κ2) is 5.76. The van der Waals surface area contributed by atoms with Crippen LogP contribution in [-0.4, -0.2) is 18.1 Å². The summed E-state index contributed by atoms with van der Waals surface area (Å²) in [6.45, 7) is 1.75. The first-order valence-corrected chi connectivity index (χ1v) is 6.94. The van der Waals surface area contributed by atoms with Crippen molar-refractivity contribution in [3.63, 3.8) is 0 Å². The predicted molar refractivity (Wildman–Crippen MR) is 83.2 cm³/mol. The molecule has 0 saturated carbocycles. The molecule has 0 amide bonds. The monoisotopic (exact) mass is 313 g/mol. The van der Waals surface area contributed by atoms with E-state index in [0.29, 0.717) is 33.2 Å². The van der Waals surface area contributed by atoms with E-state index in [0.717, 1.165) is 6.20 Å². The van der Waals surface area contributed by atoms with Gasteiger partial charge < -0.3 is 4.74 Å². The Balaban J connectivity index is 2.31. The van der Waals surface area contributed by atoms with Gasteiger partial charge in [0, 0.05) is 16.3 Å². The Labute approximate surface area is 131 Å². The van der Waals surface area contributed by atoms with Gasteiger partial charge in [0.05, 0.1) is 24.6 Å². The number of hydrogen-bond acceptors (Lipinski definition) is 3. The third-order valence-corrected chi connectivity index (χ3v) is 3.70. The molecule has 116 valence electrons. The van der Waals surface area contributed by atoms with Crippen LogP contribution < -0.4 is 0 Å². The van der Waals surface area contributed by atoms with Crippen LogP contribution in [-0.2, 0) is 4.74 Å². The smallest absolute Gasteiger partial charge is 0.337 e. The van der Waals surface area contributed by atoms with Crippen molar-refractivity contribution in [2.24, 2.45) is 0 Å². The highest BCUT2D eigenvalue weighted by Crippen LogP contribution is 2.31. The van der Waals surface area contributed by atoms with E-state index < -0.39 is 11.8 Å². The van der Waals surface area contributed by atoms with Gasteiger partial charge in [0.25, 0.3) is 0 Å². The van der Waals surface area contributed by atoms with Crippen molar-refractivity contribution in [3.8, 4) is 11.3 Å². The van der Waals surface area contributed by atoms with E-state index in [-0.39, 0.29) is 5.82 Å². The molecule has 0 aliphatic carbocycles. The highest BCUT2D eigenvalue weighted by Gasteiger charge is 2.14. The zero-order valence-corrected chi connectivity index (χ0v) is 12.6. The second-order valence-electron chi connectivity index (χ2n) is 5.17. The lowest BCUT2D eigenvalue weighted by atomic mass is 9.98. The molecule has 5 heteroatoms. The van der Waals surface area contributed by atoms with Crippen molar-refractivity contribution in [2.75, 3.05) is 7.11 Å². The van der Waals surface area contributed by atoms with Crippen LogP contribution in [0.25, 0.3) is 22.0 Å². The lowest BCUT2D eigenvalue weighted by molar-refractivity contribution is 0.0601. The SMILES string of the molecule is COC(=O)c1ccc2c(F)cnc(-c3ccc(F)cc3C)c2c1. The molecule has 3 rings (SSSR count). The Hall–Kier alpha value is -2.82. The summed E-state index contributed by atoms with van der Waals surface area (Å²) in [5, 5.41) is 0.814. The Kier molecular flexibility index (Phi) is 3.78.